The summed E-state index contributed by atoms with van der Waals surface area (Å²) >= 11 is 0. The van der Waals surface area contributed by atoms with Gasteiger partial charge in [-0.2, -0.15) is 5.10 Å². The van der Waals surface area contributed by atoms with Gasteiger partial charge in [0.2, 0.25) is 0 Å². The highest BCUT2D eigenvalue weighted by Gasteiger charge is 2.32. The molecule has 0 saturated carbocycles. The molecule has 0 bridgehead atoms. The van der Waals surface area contributed by atoms with Crippen LogP contribution in [0.4, 0.5) is 5.82 Å². The van der Waals surface area contributed by atoms with Gasteiger partial charge in [-0.25, -0.2) is 13.1 Å². The van der Waals surface area contributed by atoms with Crippen LogP contribution in [0.1, 0.15) is 22.8 Å². The molecule has 162 valence electrons. The van der Waals surface area contributed by atoms with E-state index in [9.17, 15) is 13.2 Å². The monoisotopic (exact) mass is 441 g/mol. The van der Waals surface area contributed by atoms with Crippen LogP contribution in [0.25, 0.3) is 11.3 Å². The summed E-state index contributed by atoms with van der Waals surface area (Å²) in [5.41, 5.74) is 1.88. The summed E-state index contributed by atoms with van der Waals surface area (Å²) in [7, 11) is -0.0968. The van der Waals surface area contributed by atoms with Crippen molar-refractivity contribution in [3.63, 3.8) is 0 Å². The Morgan fingerprint density at radius 2 is 1.74 bits per heavy atom. The predicted octanol–water partition coefficient (Wildman–Crippen LogP) is 3.18. The Kier molecular flexibility index (Phi) is 5.69. The molecule has 3 aromatic rings. The van der Waals surface area contributed by atoms with Crippen LogP contribution in [-0.4, -0.2) is 49.8 Å². The van der Waals surface area contributed by atoms with E-state index in [1.54, 1.807) is 28.9 Å². The van der Waals surface area contributed by atoms with Gasteiger partial charge in [-0.15, -0.1) is 0 Å². The number of methoxy groups -OCH3 is 2. The smallest absolute Gasteiger partial charge is 0.257 e. The molecule has 31 heavy (non-hydrogen) atoms. The fraction of sp³-hybridized carbons (Fsp3) is 0.273. The molecule has 0 aliphatic carbocycles. The van der Waals surface area contributed by atoms with Crippen molar-refractivity contribution in [1.29, 1.82) is 0 Å². The Morgan fingerprint density at radius 3 is 2.32 bits per heavy atom. The number of ether oxygens (including phenoxy) is 2. The molecular weight excluding hydrogens is 418 g/mol. The van der Waals surface area contributed by atoms with E-state index in [0.29, 0.717) is 35.0 Å². The maximum Gasteiger partial charge on any atom is 0.257 e. The van der Waals surface area contributed by atoms with Crippen molar-refractivity contribution in [2.45, 2.75) is 12.5 Å². The summed E-state index contributed by atoms with van der Waals surface area (Å²) in [6, 6.07) is 15.8. The molecule has 2 heterocycles. The predicted molar refractivity (Wildman–Crippen MR) is 117 cm³/mol. The Hall–Kier alpha value is -3.33. The van der Waals surface area contributed by atoms with Crippen LogP contribution >= 0.6 is 0 Å². The van der Waals surface area contributed by atoms with Gasteiger partial charge in [0.1, 0.15) is 17.3 Å². The van der Waals surface area contributed by atoms with E-state index < -0.39 is 9.84 Å². The number of nitrogens with one attached hydrogen (secondary N) is 1. The van der Waals surface area contributed by atoms with E-state index in [4.69, 9.17) is 9.47 Å². The van der Waals surface area contributed by atoms with Crippen molar-refractivity contribution in [3.05, 3.63) is 60.2 Å². The largest absolute Gasteiger partial charge is 0.497 e. The van der Waals surface area contributed by atoms with E-state index in [1.165, 1.54) is 14.2 Å². The van der Waals surface area contributed by atoms with Gasteiger partial charge in [0, 0.05) is 23.3 Å². The molecule has 1 aliphatic rings. The molecule has 0 spiro atoms. The average molecular weight is 442 g/mol. The van der Waals surface area contributed by atoms with Crippen LogP contribution in [0, 0.1) is 0 Å². The van der Waals surface area contributed by atoms with Crippen molar-refractivity contribution < 1.29 is 22.7 Å². The molecule has 1 N–H and O–H groups in total. The van der Waals surface area contributed by atoms with Gasteiger partial charge in [0.05, 0.1) is 37.5 Å². The molecule has 1 atom stereocenters. The van der Waals surface area contributed by atoms with Crippen LogP contribution in [0.3, 0.4) is 0 Å². The number of carbonyl (C=O) groups is 1. The van der Waals surface area contributed by atoms with Crippen molar-refractivity contribution in [2.24, 2.45) is 0 Å². The molecule has 0 radical (unpaired) electrons. The van der Waals surface area contributed by atoms with E-state index in [2.05, 4.69) is 10.4 Å². The van der Waals surface area contributed by atoms with Crippen LogP contribution < -0.4 is 14.8 Å². The third-order valence-corrected chi connectivity index (χ3v) is 6.97. The fourth-order valence-corrected chi connectivity index (χ4v) is 5.30. The zero-order chi connectivity index (χ0) is 22.0. The van der Waals surface area contributed by atoms with Gasteiger partial charge in [-0.3, -0.25) is 4.79 Å². The lowest BCUT2D eigenvalue weighted by molar-refractivity contribution is 0.102. The molecule has 1 aliphatic heterocycles. The van der Waals surface area contributed by atoms with Crippen LogP contribution in [-0.2, 0) is 9.84 Å². The number of hydrogen-bond acceptors (Lipinski definition) is 6. The minimum absolute atomic E-state index is 0.00123. The summed E-state index contributed by atoms with van der Waals surface area (Å²) in [5.74, 6) is 1.15. The first-order valence-electron chi connectivity index (χ1n) is 9.78. The van der Waals surface area contributed by atoms with E-state index >= 15 is 0 Å². The van der Waals surface area contributed by atoms with E-state index in [1.807, 2.05) is 30.3 Å². The number of benzene rings is 2. The van der Waals surface area contributed by atoms with Crippen LogP contribution in [0.15, 0.2) is 54.6 Å². The Labute approximate surface area is 180 Å². The normalized spacial score (nSPS) is 17.3. The SMILES string of the molecule is COc1cc(OC)cc(C(=O)Nc2cc(-c3ccccc3)nn2[C@@H]2CCS(=O)(=O)C2)c1. The summed E-state index contributed by atoms with van der Waals surface area (Å²) in [6.45, 7) is 0. The quantitative estimate of drug-likeness (QED) is 0.631. The van der Waals surface area contributed by atoms with Crippen LogP contribution in [0.2, 0.25) is 0 Å². The van der Waals surface area contributed by atoms with Crippen LogP contribution in [0.5, 0.6) is 11.5 Å². The highest BCUT2D eigenvalue weighted by molar-refractivity contribution is 7.91. The van der Waals surface area contributed by atoms with Gasteiger partial charge < -0.3 is 14.8 Å². The number of anilines is 1. The maximum atomic E-state index is 13.0. The second-order valence-electron chi connectivity index (χ2n) is 7.34. The number of carbonyl (C=O) groups excluding carboxylic acids is 1. The fourth-order valence-electron chi connectivity index (χ4n) is 3.61. The summed E-state index contributed by atoms with van der Waals surface area (Å²) in [6.07, 6.45) is 0.452. The van der Waals surface area contributed by atoms with E-state index in [0.717, 1.165) is 5.56 Å². The highest BCUT2D eigenvalue weighted by atomic mass is 32.2. The standard InChI is InChI=1S/C22H23N3O5S/c1-29-18-10-16(11-19(12-18)30-2)22(26)23-21-13-20(15-6-4-3-5-7-15)24-25(21)17-8-9-31(27,28)14-17/h3-7,10-13,17H,8-9,14H2,1-2H3,(H,23,26)/t17-/m1/s1. The number of rotatable bonds is 6. The van der Waals surface area contributed by atoms with Gasteiger partial charge in [-0.1, -0.05) is 30.3 Å². The van der Waals surface area contributed by atoms with Gasteiger partial charge in [0.15, 0.2) is 9.84 Å². The summed E-state index contributed by atoms with van der Waals surface area (Å²) < 4.78 is 36.2. The van der Waals surface area contributed by atoms with E-state index in [-0.39, 0.29) is 23.5 Å². The number of sulfone groups is 1. The molecular formula is C22H23N3O5S. The third-order valence-electron chi connectivity index (χ3n) is 5.21. The molecule has 1 saturated heterocycles. The minimum atomic E-state index is -3.12. The molecule has 1 aromatic heterocycles. The maximum absolute atomic E-state index is 13.0. The average Bonchev–Trinajstić information content (AvgIpc) is 3.36. The van der Waals surface area contributed by atoms with Crippen molar-refractivity contribution in [1.82, 2.24) is 9.78 Å². The topological polar surface area (TPSA) is 99.5 Å². The summed E-state index contributed by atoms with van der Waals surface area (Å²) in [5, 5.41) is 7.51. The van der Waals surface area contributed by atoms with Gasteiger partial charge >= 0.3 is 0 Å². The second kappa shape index (κ2) is 8.43. The second-order valence-corrected chi connectivity index (χ2v) is 9.57. The number of hydrogen-bond donors (Lipinski definition) is 1. The molecule has 8 nitrogen and oxygen atoms in total. The Morgan fingerprint density at radius 1 is 1.06 bits per heavy atom. The zero-order valence-electron chi connectivity index (χ0n) is 17.2. The molecule has 4 rings (SSSR count). The minimum Gasteiger partial charge on any atom is -0.497 e. The lowest BCUT2D eigenvalue weighted by Crippen LogP contribution is -2.19. The number of amides is 1. The van der Waals surface area contributed by atoms with Crippen molar-refractivity contribution >= 4 is 21.6 Å². The van der Waals surface area contributed by atoms with Crippen molar-refractivity contribution in [3.8, 4) is 22.8 Å². The van der Waals surface area contributed by atoms with Gasteiger partial charge in [-0.05, 0) is 18.6 Å². The Bertz CT molecular complexity index is 1180. The lowest BCUT2D eigenvalue weighted by atomic mass is 10.1. The summed E-state index contributed by atoms with van der Waals surface area (Å²) in [4.78, 5) is 13.0. The number of aromatic nitrogens is 2. The first-order valence-corrected chi connectivity index (χ1v) is 11.6. The number of nitrogens with zero attached hydrogens (tertiary/aromatic N) is 2. The third kappa shape index (κ3) is 4.56. The highest BCUT2D eigenvalue weighted by Crippen LogP contribution is 2.31. The first-order chi connectivity index (χ1) is 14.9. The zero-order valence-corrected chi connectivity index (χ0v) is 18.1. The molecule has 1 fully saturated rings. The molecule has 2 aromatic carbocycles. The van der Waals surface area contributed by atoms with Crippen molar-refractivity contribution in [2.75, 3.05) is 31.0 Å². The lowest BCUT2D eigenvalue weighted by Gasteiger charge is -2.14. The first kappa shape index (κ1) is 20.9. The molecule has 0 unspecified atom stereocenters. The Balaban J connectivity index is 1.70. The molecule has 1 amide bonds. The molecule has 9 heteroatoms. The van der Waals surface area contributed by atoms with Gasteiger partial charge in [0.25, 0.3) is 5.91 Å².